The van der Waals surface area contributed by atoms with Crippen molar-refractivity contribution in [1.82, 2.24) is 9.97 Å². The van der Waals surface area contributed by atoms with Crippen molar-refractivity contribution in [1.29, 1.82) is 0 Å². The van der Waals surface area contributed by atoms with Crippen LogP contribution in [0.15, 0.2) is 29.2 Å². The van der Waals surface area contributed by atoms with Crippen LogP contribution in [0.4, 0.5) is 11.8 Å². The van der Waals surface area contributed by atoms with E-state index >= 15 is 0 Å². The number of aryl methyl sites for hydroxylation is 2. The topological polar surface area (TPSA) is 98.6 Å². The van der Waals surface area contributed by atoms with Gasteiger partial charge in [-0.3, -0.25) is 4.21 Å². The van der Waals surface area contributed by atoms with Gasteiger partial charge < -0.3 is 20.4 Å². The molecule has 0 bridgehead atoms. The lowest BCUT2D eigenvalue weighted by molar-refractivity contribution is 0.165. The number of aliphatic hydroxyl groups is 2. The van der Waals surface area contributed by atoms with Crippen molar-refractivity contribution in [2.75, 3.05) is 42.3 Å². The second-order valence-corrected chi connectivity index (χ2v) is 10.8. The van der Waals surface area contributed by atoms with E-state index in [0.29, 0.717) is 28.8 Å². The van der Waals surface area contributed by atoms with Crippen LogP contribution in [-0.4, -0.2) is 62.0 Å². The molecule has 3 heterocycles. The van der Waals surface area contributed by atoms with E-state index < -0.39 is 10.8 Å². The fourth-order valence-electron chi connectivity index (χ4n) is 4.71. The molecule has 2 aliphatic heterocycles. The highest BCUT2D eigenvalue weighted by atomic mass is 32.2. The van der Waals surface area contributed by atoms with Crippen molar-refractivity contribution in [2.45, 2.75) is 54.9 Å². The summed E-state index contributed by atoms with van der Waals surface area (Å²) < 4.78 is 12.6. The molecule has 0 amide bonds. The molecule has 166 valence electrons. The van der Waals surface area contributed by atoms with Gasteiger partial charge in [-0.2, -0.15) is 4.98 Å². The molecule has 3 N–H and O–H groups in total. The fourth-order valence-corrected chi connectivity index (χ4v) is 6.02. The molecule has 0 spiro atoms. The minimum atomic E-state index is -1.09. The van der Waals surface area contributed by atoms with Gasteiger partial charge in [-0.05, 0) is 38.2 Å². The summed E-state index contributed by atoms with van der Waals surface area (Å²) in [6, 6.07) is 8.48. The van der Waals surface area contributed by atoms with E-state index in [-0.39, 0.29) is 24.2 Å². The summed E-state index contributed by atoms with van der Waals surface area (Å²) in [4.78, 5) is 12.5. The quantitative estimate of drug-likeness (QED) is 0.629. The number of anilines is 2. The smallest absolute Gasteiger partial charge is 0.227 e. The van der Waals surface area contributed by atoms with Gasteiger partial charge in [0.15, 0.2) is 0 Å². The van der Waals surface area contributed by atoms with Crippen LogP contribution in [0.3, 0.4) is 0 Å². The number of fused-ring (bicyclic) bond motifs is 1. The Morgan fingerprint density at radius 1 is 1.06 bits per heavy atom. The molecular formula is C23H30N4O3S. The SMILES string of the molecule is Cc1ccc(C2(CO)CCN(c3nc4c(c(NC5(CO)CC5)n3)S(=O)CC4)CC2)cc1. The number of hydrogen-bond acceptors (Lipinski definition) is 7. The average Bonchev–Trinajstić information content (AvgIpc) is 3.47. The zero-order valence-corrected chi connectivity index (χ0v) is 18.7. The summed E-state index contributed by atoms with van der Waals surface area (Å²) in [5, 5.41) is 23.4. The van der Waals surface area contributed by atoms with Gasteiger partial charge in [0.05, 0.1) is 35.2 Å². The van der Waals surface area contributed by atoms with Gasteiger partial charge in [-0.1, -0.05) is 29.8 Å². The van der Waals surface area contributed by atoms with Crippen LogP contribution in [0.1, 0.15) is 42.5 Å². The summed E-state index contributed by atoms with van der Waals surface area (Å²) in [5.41, 5.74) is 2.70. The third kappa shape index (κ3) is 3.75. The summed E-state index contributed by atoms with van der Waals surface area (Å²) in [5.74, 6) is 1.86. The molecule has 8 heteroatoms. The first-order chi connectivity index (χ1) is 15.0. The number of rotatable bonds is 6. The number of benzene rings is 1. The Hall–Kier alpha value is -2.03. The molecule has 7 nitrogen and oxygen atoms in total. The lowest BCUT2D eigenvalue weighted by Crippen LogP contribution is -2.45. The number of nitrogens with zero attached hydrogens (tertiary/aromatic N) is 3. The summed E-state index contributed by atoms with van der Waals surface area (Å²) in [6.07, 6.45) is 4.12. The minimum absolute atomic E-state index is 0.0486. The number of nitrogens with one attached hydrogen (secondary N) is 1. The van der Waals surface area contributed by atoms with Crippen LogP contribution >= 0.6 is 0 Å². The van der Waals surface area contributed by atoms with Crippen molar-refractivity contribution >= 4 is 22.6 Å². The van der Waals surface area contributed by atoms with E-state index in [1.165, 1.54) is 11.1 Å². The number of hydrogen-bond donors (Lipinski definition) is 3. The van der Waals surface area contributed by atoms with Crippen LogP contribution in [0.2, 0.25) is 0 Å². The molecule has 5 rings (SSSR count). The molecular weight excluding hydrogens is 412 g/mol. The molecule has 2 aromatic rings. The van der Waals surface area contributed by atoms with E-state index in [1.54, 1.807) is 0 Å². The third-order valence-electron chi connectivity index (χ3n) is 7.19. The fraction of sp³-hybridized carbons (Fsp3) is 0.565. The van der Waals surface area contributed by atoms with E-state index in [2.05, 4.69) is 41.4 Å². The lowest BCUT2D eigenvalue weighted by Gasteiger charge is -2.41. The number of piperidine rings is 1. The minimum Gasteiger partial charge on any atom is -0.395 e. The zero-order chi connectivity index (χ0) is 21.6. The predicted molar refractivity (Wildman–Crippen MR) is 121 cm³/mol. The largest absolute Gasteiger partial charge is 0.395 e. The Morgan fingerprint density at radius 3 is 2.39 bits per heavy atom. The standard InChI is InChI=1S/C23H30N4O3S/c1-16-2-4-17(5-3-16)22(14-28)9-11-27(12-10-22)21-24-18-6-13-31(30)19(18)20(25-21)26-23(15-29)7-8-23/h2-5,28-29H,6-15H2,1H3,(H,24,25,26). The zero-order valence-electron chi connectivity index (χ0n) is 17.9. The van der Waals surface area contributed by atoms with E-state index in [9.17, 15) is 14.4 Å². The third-order valence-corrected chi connectivity index (χ3v) is 8.64. The van der Waals surface area contributed by atoms with Crippen molar-refractivity contribution in [3.05, 3.63) is 41.1 Å². The van der Waals surface area contributed by atoms with Gasteiger partial charge >= 0.3 is 0 Å². The molecule has 2 fully saturated rings. The van der Waals surface area contributed by atoms with Crippen molar-refractivity contribution in [3.63, 3.8) is 0 Å². The Labute approximate surface area is 185 Å². The molecule has 31 heavy (non-hydrogen) atoms. The molecule has 1 aliphatic carbocycles. The number of aromatic nitrogens is 2. The van der Waals surface area contributed by atoms with Crippen molar-refractivity contribution < 1.29 is 14.4 Å². The van der Waals surface area contributed by atoms with E-state index in [0.717, 1.165) is 44.5 Å². The molecule has 1 aromatic carbocycles. The maximum Gasteiger partial charge on any atom is 0.227 e. The molecule has 0 radical (unpaired) electrons. The molecule has 1 aromatic heterocycles. The average molecular weight is 443 g/mol. The highest BCUT2D eigenvalue weighted by molar-refractivity contribution is 7.85. The van der Waals surface area contributed by atoms with Gasteiger partial charge in [0.2, 0.25) is 5.95 Å². The number of aliphatic hydroxyl groups excluding tert-OH is 2. The van der Waals surface area contributed by atoms with Gasteiger partial charge in [0.1, 0.15) is 10.7 Å². The van der Waals surface area contributed by atoms with Gasteiger partial charge in [0, 0.05) is 30.7 Å². The molecule has 1 saturated carbocycles. The van der Waals surface area contributed by atoms with Crippen LogP contribution in [0.5, 0.6) is 0 Å². The summed E-state index contributed by atoms with van der Waals surface area (Å²) in [6.45, 7) is 3.75. The summed E-state index contributed by atoms with van der Waals surface area (Å²) >= 11 is 0. The van der Waals surface area contributed by atoms with Gasteiger partial charge in [-0.25, -0.2) is 4.98 Å². The maximum absolute atomic E-state index is 12.6. The first kappa shape index (κ1) is 20.8. The van der Waals surface area contributed by atoms with Crippen LogP contribution < -0.4 is 10.2 Å². The predicted octanol–water partition coefficient (Wildman–Crippen LogP) is 1.92. The monoisotopic (exact) mass is 442 g/mol. The Balaban J connectivity index is 1.40. The highest BCUT2D eigenvalue weighted by Gasteiger charge is 2.44. The van der Waals surface area contributed by atoms with Crippen LogP contribution in [-0.2, 0) is 22.6 Å². The highest BCUT2D eigenvalue weighted by Crippen LogP contribution is 2.42. The Morgan fingerprint density at radius 2 is 1.77 bits per heavy atom. The second kappa shape index (κ2) is 7.83. The molecule has 1 atom stereocenters. The summed E-state index contributed by atoms with van der Waals surface area (Å²) in [7, 11) is -1.09. The van der Waals surface area contributed by atoms with Gasteiger partial charge in [0.25, 0.3) is 0 Å². The first-order valence-corrected chi connectivity index (χ1v) is 12.4. The Bertz CT molecular complexity index is 999. The van der Waals surface area contributed by atoms with Crippen LogP contribution in [0.25, 0.3) is 0 Å². The Kier molecular flexibility index (Phi) is 5.27. The van der Waals surface area contributed by atoms with Crippen molar-refractivity contribution in [2.24, 2.45) is 0 Å². The second-order valence-electron chi connectivity index (χ2n) is 9.30. The lowest BCUT2D eigenvalue weighted by atomic mass is 9.73. The normalized spacial score (nSPS) is 23.5. The first-order valence-electron chi connectivity index (χ1n) is 11.1. The molecule has 1 unspecified atom stereocenters. The van der Waals surface area contributed by atoms with Crippen LogP contribution in [0, 0.1) is 6.92 Å². The van der Waals surface area contributed by atoms with Gasteiger partial charge in [-0.15, -0.1) is 0 Å². The molecule has 1 saturated heterocycles. The van der Waals surface area contributed by atoms with E-state index in [1.807, 2.05) is 0 Å². The maximum atomic E-state index is 12.6. The van der Waals surface area contributed by atoms with Crippen molar-refractivity contribution in [3.8, 4) is 0 Å². The molecule has 3 aliphatic rings. The van der Waals surface area contributed by atoms with E-state index in [4.69, 9.17) is 9.97 Å².